The first-order valence-electron chi connectivity index (χ1n) is 41.8. The minimum absolute atomic E-state index is 0.107. The highest BCUT2D eigenvalue weighted by atomic mass is 31.2. The second-order valence-electron chi connectivity index (χ2n) is 30.6. The normalized spacial score (nSPS) is 14.0. The molecule has 0 fully saturated rings. The highest BCUT2D eigenvalue weighted by Gasteiger charge is 2.30. The third-order valence-corrected chi connectivity index (χ3v) is 20.8. The van der Waals surface area contributed by atoms with Crippen LogP contribution in [-0.4, -0.2) is 96.7 Å². The number of carbonyl (C=O) groups excluding carboxylic acids is 4. The first-order valence-corrected chi connectivity index (χ1v) is 44.8. The first-order chi connectivity index (χ1) is 48.2. The topological polar surface area (TPSA) is 237 Å². The number of phosphoric ester groups is 2. The van der Waals surface area contributed by atoms with Gasteiger partial charge in [-0.05, 0) is 43.4 Å². The molecule has 0 aliphatic carbocycles. The van der Waals surface area contributed by atoms with Gasteiger partial charge in [0.2, 0.25) is 0 Å². The molecule has 0 aliphatic heterocycles. The van der Waals surface area contributed by atoms with E-state index in [1.54, 1.807) is 0 Å². The van der Waals surface area contributed by atoms with Crippen LogP contribution in [0.1, 0.15) is 421 Å². The van der Waals surface area contributed by atoms with Crippen molar-refractivity contribution in [3.8, 4) is 0 Å². The summed E-state index contributed by atoms with van der Waals surface area (Å²) in [5.41, 5.74) is 0. The molecular weight excluding hydrogens is 1310 g/mol. The van der Waals surface area contributed by atoms with Crippen LogP contribution in [0.5, 0.6) is 0 Å². The molecule has 0 heterocycles. The fourth-order valence-corrected chi connectivity index (χ4v) is 14.1. The molecule has 3 N–H and O–H groups in total. The summed E-state index contributed by atoms with van der Waals surface area (Å²) in [7, 11) is -9.92. The maximum atomic E-state index is 13.1. The lowest BCUT2D eigenvalue weighted by atomic mass is 10.0. The Hall–Kier alpha value is -1.94. The van der Waals surface area contributed by atoms with Crippen LogP contribution in [0.3, 0.4) is 0 Å². The van der Waals surface area contributed by atoms with E-state index in [0.717, 1.165) is 108 Å². The number of rotatable bonds is 79. The van der Waals surface area contributed by atoms with Gasteiger partial charge >= 0.3 is 39.5 Å². The first kappa shape index (κ1) is 98.1. The van der Waals surface area contributed by atoms with Crippen LogP contribution in [0.15, 0.2) is 0 Å². The van der Waals surface area contributed by atoms with Crippen molar-refractivity contribution in [3.05, 3.63) is 0 Å². The molecule has 0 aromatic carbocycles. The molecule has 0 rings (SSSR count). The predicted molar refractivity (Wildman–Crippen MR) is 409 cm³/mol. The minimum atomic E-state index is -4.96. The zero-order valence-electron chi connectivity index (χ0n) is 65.7. The van der Waals surface area contributed by atoms with E-state index < -0.39 is 97.5 Å². The second kappa shape index (κ2) is 71.3. The van der Waals surface area contributed by atoms with E-state index in [-0.39, 0.29) is 25.7 Å². The zero-order chi connectivity index (χ0) is 73.7. The Kier molecular flexibility index (Phi) is 69.9. The summed E-state index contributed by atoms with van der Waals surface area (Å²) in [6, 6.07) is 0. The van der Waals surface area contributed by atoms with Crippen molar-refractivity contribution in [3.63, 3.8) is 0 Å². The molecule has 0 amide bonds. The maximum absolute atomic E-state index is 13.1. The Morgan fingerprint density at radius 2 is 0.460 bits per heavy atom. The molecule has 0 radical (unpaired) electrons. The molecule has 0 spiro atoms. The van der Waals surface area contributed by atoms with E-state index in [1.165, 1.54) is 231 Å². The molecular formula is C81H158O17P2. The number of hydrogen-bond acceptors (Lipinski definition) is 15. The van der Waals surface area contributed by atoms with Crippen LogP contribution in [0.2, 0.25) is 0 Å². The smallest absolute Gasteiger partial charge is 0.462 e. The molecule has 17 nitrogen and oxygen atoms in total. The van der Waals surface area contributed by atoms with Crippen LogP contribution in [0, 0.1) is 17.8 Å². The van der Waals surface area contributed by atoms with Gasteiger partial charge < -0.3 is 33.8 Å². The van der Waals surface area contributed by atoms with E-state index in [9.17, 15) is 43.2 Å². The second-order valence-corrected chi connectivity index (χ2v) is 33.5. The number of phosphoric acid groups is 2. The van der Waals surface area contributed by atoms with Crippen molar-refractivity contribution in [2.45, 2.75) is 439 Å². The Morgan fingerprint density at radius 3 is 0.680 bits per heavy atom. The molecule has 0 bridgehead atoms. The zero-order valence-corrected chi connectivity index (χ0v) is 67.5. The highest BCUT2D eigenvalue weighted by molar-refractivity contribution is 7.47. The van der Waals surface area contributed by atoms with Gasteiger partial charge in [0.15, 0.2) is 12.2 Å². The van der Waals surface area contributed by atoms with E-state index >= 15 is 0 Å². The quantitative estimate of drug-likeness (QED) is 0.0222. The molecule has 2 unspecified atom stereocenters. The van der Waals surface area contributed by atoms with Gasteiger partial charge in [0.05, 0.1) is 26.4 Å². The van der Waals surface area contributed by atoms with Crippen molar-refractivity contribution >= 4 is 39.5 Å². The van der Waals surface area contributed by atoms with Gasteiger partial charge in [0.25, 0.3) is 0 Å². The van der Waals surface area contributed by atoms with Crippen molar-refractivity contribution in [2.24, 2.45) is 17.8 Å². The monoisotopic (exact) mass is 1470 g/mol. The van der Waals surface area contributed by atoms with Gasteiger partial charge in [0.1, 0.15) is 19.3 Å². The summed E-state index contributed by atoms with van der Waals surface area (Å²) < 4.78 is 68.7. The number of aliphatic hydroxyl groups is 1. The third kappa shape index (κ3) is 74.3. The summed E-state index contributed by atoms with van der Waals surface area (Å²) in [5, 5.41) is 10.6. The third-order valence-electron chi connectivity index (χ3n) is 18.9. The Bertz CT molecular complexity index is 1940. The molecule has 0 aromatic rings. The SMILES string of the molecule is CCCCCCCCCCCCCC(=O)OC[C@H](COP(=O)(O)OC[C@H](O)COP(=O)(O)OC[C@@H](COC(=O)CCCCCCCCCCCCCCCC(C)C)OC(=O)CCCCCCCCCCCCCCCCCCC(C)C)OC(=O)CCCCCCCCCCCCCC(C)C. The van der Waals surface area contributed by atoms with Crippen LogP contribution in [0.25, 0.3) is 0 Å². The summed E-state index contributed by atoms with van der Waals surface area (Å²) >= 11 is 0. The van der Waals surface area contributed by atoms with Crippen LogP contribution < -0.4 is 0 Å². The number of hydrogen-bond donors (Lipinski definition) is 3. The number of aliphatic hydroxyl groups excluding tert-OH is 1. The van der Waals surface area contributed by atoms with Crippen LogP contribution in [0.4, 0.5) is 0 Å². The Labute approximate surface area is 613 Å². The average molecular weight is 1470 g/mol. The summed E-state index contributed by atoms with van der Waals surface area (Å²) in [6.45, 7) is 12.0. The molecule has 19 heteroatoms. The van der Waals surface area contributed by atoms with Crippen molar-refractivity contribution in [2.75, 3.05) is 39.6 Å². The van der Waals surface area contributed by atoms with Crippen LogP contribution >= 0.6 is 15.6 Å². The summed E-state index contributed by atoms with van der Waals surface area (Å²) in [6.07, 6.45) is 59.5. The summed E-state index contributed by atoms with van der Waals surface area (Å²) in [4.78, 5) is 73.0. The lowest BCUT2D eigenvalue weighted by molar-refractivity contribution is -0.161. The fraction of sp³-hybridized carbons (Fsp3) is 0.951. The lowest BCUT2D eigenvalue weighted by Gasteiger charge is -2.21. The van der Waals surface area contributed by atoms with Crippen molar-refractivity contribution in [1.29, 1.82) is 0 Å². The van der Waals surface area contributed by atoms with Gasteiger partial charge in [-0.25, -0.2) is 9.13 Å². The minimum Gasteiger partial charge on any atom is -0.462 e. The Morgan fingerprint density at radius 1 is 0.270 bits per heavy atom. The predicted octanol–water partition coefficient (Wildman–Crippen LogP) is 24.1. The molecule has 0 aromatic heterocycles. The van der Waals surface area contributed by atoms with E-state index in [2.05, 4.69) is 48.5 Å². The molecule has 100 heavy (non-hydrogen) atoms. The van der Waals surface area contributed by atoms with E-state index in [1.807, 2.05) is 0 Å². The van der Waals surface area contributed by atoms with Crippen molar-refractivity contribution in [1.82, 2.24) is 0 Å². The van der Waals surface area contributed by atoms with E-state index in [0.29, 0.717) is 25.7 Å². The highest BCUT2D eigenvalue weighted by Crippen LogP contribution is 2.45. The lowest BCUT2D eigenvalue weighted by Crippen LogP contribution is -2.30. The van der Waals surface area contributed by atoms with Gasteiger partial charge in [0, 0.05) is 25.7 Å². The van der Waals surface area contributed by atoms with Gasteiger partial charge in [-0.1, -0.05) is 370 Å². The van der Waals surface area contributed by atoms with E-state index in [4.69, 9.17) is 37.0 Å². The Balaban J connectivity index is 5.25. The van der Waals surface area contributed by atoms with Gasteiger partial charge in [-0.2, -0.15) is 0 Å². The van der Waals surface area contributed by atoms with Gasteiger partial charge in [-0.3, -0.25) is 37.3 Å². The molecule has 5 atom stereocenters. The number of esters is 4. The largest absolute Gasteiger partial charge is 0.472 e. The molecule has 594 valence electrons. The van der Waals surface area contributed by atoms with Crippen LogP contribution in [-0.2, 0) is 65.4 Å². The average Bonchev–Trinajstić information content (AvgIpc) is 0.955. The fourth-order valence-electron chi connectivity index (χ4n) is 12.5. The number of carbonyl (C=O) groups is 4. The standard InChI is InChI=1S/C81H158O17P2/c1-8-9-10-11-12-13-24-34-41-48-55-62-78(83)91-68-76(98-81(86)65-58-51-44-37-30-23-27-33-40-47-54-61-74(6)7)70-95-99(87,88)93-66-75(82)67-94-100(89,90)96-71-77(69-92-79(84)63-56-49-42-35-28-22-18-20-26-32-39-46-53-60-73(4)5)97-80(85)64-57-50-43-36-29-21-17-15-14-16-19-25-31-38-45-52-59-72(2)3/h72-77,82H,8-71H2,1-7H3,(H,87,88)(H,89,90)/t75-,76+,77+/m0/s1. The number of unbranched alkanes of at least 4 members (excludes halogenated alkanes) is 47. The molecule has 0 saturated heterocycles. The van der Waals surface area contributed by atoms with Crippen molar-refractivity contribution < 1.29 is 80.2 Å². The molecule has 0 saturated carbocycles. The summed E-state index contributed by atoms with van der Waals surface area (Å²) in [5.74, 6) is 0.256. The maximum Gasteiger partial charge on any atom is 0.472 e. The molecule has 0 aliphatic rings. The van der Waals surface area contributed by atoms with Gasteiger partial charge in [-0.15, -0.1) is 0 Å². The number of ether oxygens (including phenoxy) is 4.